The molecule has 11 nitrogen and oxygen atoms in total. The van der Waals surface area contributed by atoms with Crippen LogP contribution in [0.2, 0.25) is 0 Å². The quantitative estimate of drug-likeness (QED) is 0.397. The monoisotopic (exact) mass is 343 g/mol. The number of rotatable bonds is 4. The SMILES string of the molecule is Cn1c(NN=Cc2cccc([N+](=O)[O-])c2)nc2c1c(=O)[nH]c(=O)n2C. The molecule has 0 fully saturated rings. The van der Waals surface area contributed by atoms with E-state index in [0.717, 1.165) is 0 Å². The average Bonchev–Trinajstić information content (AvgIpc) is 2.90. The third-order valence-electron chi connectivity index (χ3n) is 3.59. The maximum absolute atomic E-state index is 11.9. The zero-order valence-corrected chi connectivity index (χ0v) is 13.3. The molecule has 0 saturated carbocycles. The first-order chi connectivity index (χ1) is 11.9. The predicted octanol–water partition coefficient (Wildman–Crippen LogP) is 0.314. The molecule has 0 radical (unpaired) electrons. The summed E-state index contributed by atoms with van der Waals surface area (Å²) < 4.78 is 2.67. The Labute approximate surface area is 139 Å². The Hall–Kier alpha value is -3.76. The zero-order valence-electron chi connectivity index (χ0n) is 13.3. The summed E-state index contributed by atoms with van der Waals surface area (Å²) in [6, 6.07) is 5.95. The number of hydrogen-bond donors (Lipinski definition) is 2. The van der Waals surface area contributed by atoms with Gasteiger partial charge in [-0.2, -0.15) is 10.1 Å². The fraction of sp³-hybridized carbons (Fsp3) is 0.143. The molecule has 2 N–H and O–H groups in total. The van der Waals surface area contributed by atoms with Crippen molar-refractivity contribution in [3.8, 4) is 0 Å². The molecular formula is C14H13N7O4. The minimum atomic E-state index is -0.567. The van der Waals surface area contributed by atoms with Crippen LogP contribution in [0.3, 0.4) is 0 Å². The molecule has 2 heterocycles. The van der Waals surface area contributed by atoms with Gasteiger partial charge in [-0.3, -0.25) is 24.5 Å². The summed E-state index contributed by atoms with van der Waals surface area (Å²) in [5.74, 6) is 0.239. The zero-order chi connectivity index (χ0) is 18.1. The number of anilines is 1. The van der Waals surface area contributed by atoms with E-state index in [2.05, 4.69) is 20.5 Å². The summed E-state index contributed by atoms with van der Waals surface area (Å²) in [7, 11) is 3.09. The lowest BCUT2D eigenvalue weighted by molar-refractivity contribution is -0.384. The molecule has 0 spiro atoms. The van der Waals surface area contributed by atoms with E-state index in [9.17, 15) is 19.7 Å². The Morgan fingerprint density at radius 2 is 2.08 bits per heavy atom. The highest BCUT2D eigenvalue weighted by atomic mass is 16.6. The lowest BCUT2D eigenvalue weighted by Gasteiger charge is -2.00. The normalized spacial score (nSPS) is 11.3. The maximum Gasteiger partial charge on any atom is 0.329 e. The van der Waals surface area contributed by atoms with E-state index in [0.29, 0.717) is 5.56 Å². The number of nitro benzene ring substituents is 1. The van der Waals surface area contributed by atoms with E-state index in [-0.39, 0.29) is 22.8 Å². The van der Waals surface area contributed by atoms with E-state index in [1.165, 1.54) is 34.5 Å². The number of hydrogen-bond acceptors (Lipinski definition) is 7. The van der Waals surface area contributed by atoms with Crippen molar-refractivity contribution in [2.45, 2.75) is 0 Å². The minimum absolute atomic E-state index is 0.0479. The Balaban J connectivity index is 1.93. The molecule has 0 unspecified atom stereocenters. The molecule has 0 aliphatic rings. The summed E-state index contributed by atoms with van der Waals surface area (Å²) in [5.41, 5.74) is 2.44. The van der Waals surface area contributed by atoms with Crippen LogP contribution in [0.25, 0.3) is 11.2 Å². The highest BCUT2D eigenvalue weighted by Crippen LogP contribution is 2.14. The van der Waals surface area contributed by atoms with Crippen LogP contribution in [-0.4, -0.2) is 30.2 Å². The second kappa shape index (κ2) is 6.03. The standard InChI is InChI=1S/C14H13N7O4/c1-19-10-11(20(2)14(23)17-12(10)22)16-13(19)18-15-7-8-4-3-5-9(6-8)21(24)25/h3-7H,1-2H3,(H,16,18)(H,17,22,23). The summed E-state index contributed by atoms with van der Waals surface area (Å²) in [6.07, 6.45) is 1.38. The first-order valence-corrected chi connectivity index (χ1v) is 7.07. The molecule has 3 rings (SSSR count). The molecule has 25 heavy (non-hydrogen) atoms. The smallest absolute Gasteiger partial charge is 0.306 e. The fourth-order valence-electron chi connectivity index (χ4n) is 2.29. The van der Waals surface area contributed by atoms with Crippen molar-refractivity contribution in [1.82, 2.24) is 19.1 Å². The highest BCUT2D eigenvalue weighted by molar-refractivity contribution is 5.81. The van der Waals surface area contributed by atoms with Crippen LogP contribution in [0.4, 0.5) is 11.6 Å². The average molecular weight is 343 g/mol. The van der Waals surface area contributed by atoms with Gasteiger partial charge in [-0.1, -0.05) is 12.1 Å². The lowest BCUT2D eigenvalue weighted by Crippen LogP contribution is -2.29. The van der Waals surface area contributed by atoms with Crippen molar-refractivity contribution in [3.05, 3.63) is 60.8 Å². The molecule has 11 heteroatoms. The number of aromatic nitrogens is 4. The molecule has 0 amide bonds. The van der Waals surface area contributed by atoms with Crippen molar-refractivity contribution in [2.75, 3.05) is 5.43 Å². The Kier molecular flexibility index (Phi) is 3.89. The van der Waals surface area contributed by atoms with Gasteiger partial charge in [0.05, 0.1) is 11.1 Å². The van der Waals surface area contributed by atoms with Gasteiger partial charge in [0.15, 0.2) is 11.2 Å². The molecule has 0 bridgehead atoms. The van der Waals surface area contributed by atoms with Crippen molar-refractivity contribution < 1.29 is 4.92 Å². The number of nitrogens with zero attached hydrogens (tertiary/aromatic N) is 5. The number of nitrogens with one attached hydrogen (secondary N) is 2. The van der Waals surface area contributed by atoms with Gasteiger partial charge >= 0.3 is 5.69 Å². The summed E-state index contributed by atoms with van der Waals surface area (Å²) in [6.45, 7) is 0. The van der Waals surface area contributed by atoms with Gasteiger partial charge in [-0.25, -0.2) is 10.2 Å². The molecule has 0 atom stereocenters. The van der Waals surface area contributed by atoms with Crippen LogP contribution in [0.5, 0.6) is 0 Å². The number of aryl methyl sites for hydroxylation is 2. The first kappa shape index (κ1) is 16.1. The molecule has 2 aromatic heterocycles. The van der Waals surface area contributed by atoms with Gasteiger partial charge in [0.25, 0.3) is 11.2 Å². The molecule has 1 aromatic carbocycles. The van der Waals surface area contributed by atoms with Crippen LogP contribution in [-0.2, 0) is 14.1 Å². The maximum atomic E-state index is 11.9. The molecular weight excluding hydrogens is 330 g/mol. The van der Waals surface area contributed by atoms with Crippen molar-refractivity contribution in [3.63, 3.8) is 0 Å². The Bertz CT molecular complexity index is 1120. The summed E-state index contributed by atoms with van der Waals surface area (Å²) >= 11 is 0. The fourth-order valence-corrected chi connectivity index (χ4v) is 2.29. The number of H-pyrrole nitrogens is 1. The molecule has 3 aromatic rings. The molecule has 0 aliphatic carbocycles. The van der Waals surface area contributed by atoms with Crippen molar-refractivity contribution in [1.29, 1.82) is 0 Å². The predicted molar refractivity (Wildman–Crippen MR) is 90.9 cm³/mol. The van der Waals surface area contributed by atoms with Crippen LogP contribution in [0.15, 0.2) is 39.0 Å². The number of benzene rings is 1. The van der Waals surface area contributed by atoms with Crippen molar-refractivity contribution >= 4 is 29.0 Å². The van der Waals surface area contributed by atoms with Crippen LogP contribution < -0.4 is 16.7 Å². The van der Waals surface area contributed by atoms with E-state index in [4.69, 9.17) is 0 Å². The van der Waals surface area contributed by atoms with E-state index in [1.54, 1.807) is 19.2 Å². The van der Waals surface area contributed by atoms with E-state index < -0.39 is 16.2 Å². The molecule has 128 valence electrons. The van der Waals surface area contributed by atoms with E-state index >= 15 is 0 Å². The number of aromatic amines is 1. The minimum Gasteiger partial charge on any atom is -0.306 e. The van der Waals surface area contributed by atoms with Gasteiger partial charge < -0.3 is 4.57 Å². The van der Waals surface area contributed by atoms with Crippen LogP contribution in [0.1, 0.15) is 5.56 Å². The van der Waals surface area contributed by atoms with Gasteiger partial charge in [-0.05, 0) is 0 Å². The third kappa shape index (κ3) is 2.89. The van der Waals surface area contributed by atoms with Gasteiger partial charge in [0.2, 0.25) is 5.95 Å². The third-order valence-corrected chi connectivity index (χ3v) is 3.59. The number of imidazole rings is 1. The summed E-state index contributed by atoms with van der Waals surface area (Å²) in [4.78, 5) is 40.2. The molecule has 0 saturated heterocycles. The largest absolute Gasteiger partial charge is 0.329 e. The highest BCUT2D eigenvalue weighted by Gasteiger charge is 2.14. The number of non-ortho nitro benzene ring substituents is 1. The second-order valence-electron chi connectivity index (χ2n) is 5.21. The lowest BCUT2D eigenvalue weighted by atomic mass is 10.2. The molecule has 0 aliphatic heterocycles. The number of nitro groups is 1. The van der Waals surface area contributed by atoms with Crippen LogP contribution >= 0.6 is 0 Å². The Morgan fingerprint density at radius 3 is 2.80 bits per heavy atom. The van der Waals surface area contributed by atoms with Gasteiger partial charge in [-0.15, -0.1) is 0 Å². The summed E-state index contributed by atoms with van der Waals surface area (Å²) in [5, 5.41) is 14.7. The number of hydrazone groups is 1. The number of fused-ring (bicyclic) bond motifs is 1. The van der Waals surface area contributed by atoms with Crippen molar-refractivity contribution in [2.24, 2.45) is 19.2 Å². The Morgan fingerprint density at radius 1 is 1.32 bits per heavy atom. The van der Waals surface area contributed by atoms with Gasteiger partial charge in [0.1, 0.15) is 0 Å². The topological polar surface area (TPSA) is 140 Å². The first-order valence-electron chi connectivity index (χ1n) is 7.07. The van der Waals surface area contributed by atoms with E-state index in [1.807, 2.05) is 0 Å². The van der Waals surface area contributed by atoms with Crippen LogP contribution in [0, 0.1) is 10.1 Å². The second-order valence-corrected chi connectivity index (χ2v) is 5.21. The van der Waals surface area contributed by atoms with Gasteiger partial charge in [0, 0.05) is 31.8 Å².